The molecule has 0 unspecified atom stereocenters. The van der Waals surface area contributed by atoms with Crippen molar-refractivity contribution < 1.29 is 22.5 Å². The van der Waals surface area contributed by atoms with Crippen LogP contribution in [0.25, 0.3) is 0 Å². The molecule has 0 saturated carbocycles. The van der Waals surface area contributed by atoms with E-state index < -0.39 is 34.3 Å². The average Bonchev–Trinajstić information content (AvgIpc) is 2.99. The Morgan fingerprint density at radius 1 is 1.03 bits per heavy atom. The number of carbonyl (C=O) groups is 1. The first kappa shape index (κ1) is 24.6. The third-order valence-corrected chi connectivity index (χ3v) is 7.92. The van der Waals surface area contributed by atoms with Crippen LogP contribution in [0.1, 0.15) is 36.6 Å². The van der Waals surface area contributed by atoms with Gasteiger partial charge in [-0.3, -0.25) is 8.98 Å². The number of amides is 1. The minimum absolute atomic E-state index is 0.00939. The molecule has 1 aliphatic heterocycles. The molecule has 8 heteroatoms. The number of nitrogens with zero attached hydrogens (tertiary/aromatic N) is 1. The largest absolute Gasteiger partial charge is 0.388 e. The van der Waals surface area contributed by atoms with Crippen LogP contribution < -0.4 is 4.90 Å². The Labute approximate surface area is 208 Å². The summed E-state index contributed by atoms with van der Waals surface area (Å²) < 4.78 is 31.5. The van der Waals surface area contributed by atoms with Gasteiger partial charge in [0.05, 0.1) is 23.0 Å². The Bertz CT molecular complexity index is 1310. The average molecular weight is 544 g/mol. The van der Waals surface area contributed by atoms with E-state index in [1.54, 1.807) is 29.2 Å². The lowest BCUT2D eigenvalue weighted by Gasteiger charge is -2.33. The Kier molecular flexibility index (Phi) is 6.70. The second-order valence-corrected chi connectivity index (χ2v) is 11.5. The van der Waals surface area contributed by atoms with Crippen LogP contribution in [0.3, 0.4) is 0 Å². The summed E-state index contributed by atoms with van der Waals surface area (Å²) in [6.45, 7) is 5.03. The normalized spacial score (nSPS) is 16.9. The Morgan fingerprint density at radius 3 is 2.32 bits per heavy atom. The van der Waals surface area contributed by atoms with E-state index in [0.29, 0.717) is 11.3 Å². The van der Waals surface area contributed by atoms with Crippen LogP contribution in [-0.4, -0.2) is 32.1 Å². The first-order valence-corrected chi connectivity index (χ1v) is 13.1. The van der Waals surface area contributed by atoms with Crippen molar-refractivity contribution in [3.8, 4) is 0 Å². The van der Waals surface area contributed by atoms with Gasteiger partial charge in [0.15, 0.2) is 0 Å². The maximum Gasteiger partial charge on any atom is 0.297 e. The lowest BCUT2D eigenvalue weighted by atomic mass is 9.86. The molecule has 3 aromatic carbocycles. The van der Waals surface area contributed by atoms with Crippen molar-refractivity contribution in [1.82, 2.24) is 0 Å². The number of halogens is 1. The Hall–Kier alpha value is -2.52. The van der Waals surface area contributed by atoms with Gasteiger partial charge < -0.3 is 10.0 Å². The van der Waals surface area contributed by atoms with Crippen LogP contribution in [0.15, 0.2) is 82.2 Å². The molecule has 6 nitrogen and oxygen atoms in total. The summed E-state index contributed by atoms with van der Waals surface area (Å²) in [7, 11) is -4.08. The maximum atomic E-state index is 13.6. The van der Waals surface area contributed by atoms with Crippen LogP contribution >= 0.6 is 15.9 Å². The van der Waals surface area contributed by atoms with Crippen LogP contribution in [0, 0.1) is 6.92 Å². The summed E-state index contributed by atoms with van der Waals surface area (Å²) in [4.78, 5) is 15.2. The van der Waals surface area contributed by atoms with Crippen molar-refractivity contribution in [1.29, 1.82) is 0 Å². The van der Waals surface area contributed by atoms with E-state index in [-0.39, 0.29) is 10.8 Å². The number of benzene rings is 3. The highest BCUT2D eigenvalue weighted by molar-refractivity contribution is 9.10. The van der Waals surface area contributed by atoms with Gasteiger partial charge in [-0.15, -0.1) is 0 Å². The van der Waals surface area contributed by atoms with Crippen LogP contribution in [0.2, 0.25) is 0 Å². The molecular weight excluding hydrogens is 518 g/mol. The molecule has 1 heterocycles. The molecule has 0 spiro atoms. The number of hydrogen-bond donors (Lipinski definition) is 1. The molecule has 2 atom stereocenters. The lowest BCUT2D eigenvalue weighted by molar-refractivity contribution is -0.123. The van der Waals surface area contributed by atoms with Crippen molar-refractivity contribution in [3.05, 3.63) is 94.0 Å². The molecule has 0 aromatic heterocycles. The minimum atomic E-state index is -4.08. The van der Waals surface area contributed by atoms with Crippen molar-refractivity contribution in [2.24, 2.45) is 0 Å². The highest BCUT2D eigenvalue weighted by Crippen LogP contribution is 2.47. The predicted molar refractivity (Wildman–Crippen MR) is 134 cm³/mol. The van der Waals surface area contributed by atoms with Crippen molar-refractivity contribution in [2.75, 3.05) is 11.5 Å². The van der Waals surface area contributed by atoms with Crippen LogP contribution in [0.5, 0.6) is 0 Å². The zero-order valence-corrected chi connectivity index (χ0v) is 21.5. The topological polar surface area (TPSA) is 83.9 Å². The molecule has 1 amide bonds. The maximum absolute atomic E-state index is 13.6. The van der Waals surface area contributed by atoms with Gasteiger partial charge in [-0.1, -0.05) is 64.0 Å². The lowest BCUT2D eigenvalue weighted by Crippen LogP contribution is -2.44. The van der Waals surface area contributed by atoms with E-state index in [1.807, 2.05) is 57.2 Å². The van der Waals surface area contributed by atoms with E-state index >= 15 is 0 Å². The molecule has 4 rings (SSSR count). The first-order valence-electron chi connectivity index (χ1n) is 10.8. The van der Waals surface area contributed by atoms with Gasteiger partial charge in [0.25, 0.3) is 10.1 Å². The van der Waals surface area contributed by atoms with Crippen molar-refractivity contribution in [3.63, 3.8) is 0 Å². The van der Waals surface area contributed by atoms with Gasteiger partial charge in [0.1, 0.15) is 6.10 Å². The number of aryl methyl sites for hydroxylation is 1. The quantitative estimate of drug-likeness (QED) is 0.429. The van der Waals surface area contributed by atoms with E-state index in [4.69, 9.17) is 4.18 Å². The second-order valence-electron chi connectivity index (χ2n) is 8.94. The molecule has 178 valence electrons. The Morgan fingerprint density at radius 2 is 1.68 bits per heavy atom. The molecule has 1 aliphatic rings. The second kappa shape index (κ2) is 9.26. The van der Waals surface area contributed by atoms with Crippen molar-refractivity contribution >= 4 is 37.6 Å². The fourth-order valence-corrected chi connectivity index (χ4v) is 5.52. The highest BCUT2D eigenvalue weighted by Gasteiger charge is 2.48. The number of aliphatic hydroxyl groups is 1. The number of rotatable bonds is 7. The van der Waals surface area contributed by atoms with E-state index in [9.17, 15) is 18.3 Å². The van der Waals surface area contributed by atoms with E-state index in [1.165, 1.54) is 12.1 Å². The monoisotopic (exact) mass is 543 g/mol. The molecule has 0 saturated heterocycles. The molecule has 0 aliphatic carbocycles. The third-order valence-electron chi connectivity index (χ3n) is 6.13. The first-order chi connectivity index (χ1) is 16.0. The number of carbonyl (C=O) groups excluding carboxylic acids is 1. The van der Waals surface area contributed by atoms with Crippen LogP contribution in [-0.2, 0) is 24.5 Å². The fourth-order valence-electron chi connectivity index (χ4n) is 4.24. The number of anilines is 1. The van der Waals surface area contributed by atoms with Crippen LogP contribution in [0.4, 0.5) is 5.69 Å². The van der Waals surface area contributed by atoms with Gasteiger partial charge in [-0.25, -0.2) is 0 Å². The zero-order valence-electron chi connectivity index (χ0n) is 19.1. The van der Waals surface area contributed by atoms with E-state index in [2.05, 4.69) is 15.9 Å². The van der Waals surface area contributed by atoms with Gasteiger partial charge in [0.2, 0.25) is 5.91 Å². The van der Waals surface area contributed by atoms with Gasteiger partial charge in [0, 0.05) is 10.2 Å². The zero-order chi connectivity index (χ0) is 24.7. The van der Waals surface area contributed by atoms with E-state index in [0.717, 1.165) is 15.6 Å². The van der Waals surface area contributed by atoms with Gasteiger partial charge in [-0.05, 0) is 62.2 Å². The summed E-state index contributed by atoms with van der Waals surface area (Å²) in [6.07, 6.45) is -1.31. The molecule has 0 radical (unpaired) electrons. The highest BCUT2D eigenvalue weighted by atomic mass is 79.9. The summed E-state index contributed by atoms with van der Waals surface area (Å²) in [5.74, 6) is -0.185. The summed E-state index contributed by atoms with van der Waals surface area (Å²) >= 11 is 3.47. The fraction of sp³-hybridized carbons (Fsp3) is 0.269. The number of hydrogen-bond acceptors (Lipinski definition) is 5. The standard InChI is InChI=1S/C26H26BrNO5S/c1-17-9-12-20(13-10-17)34(31,32)33-16-23(29)24(18-7-5-4-6-8-18)28-22-14-11-19(27)15-21(22)26(2,3)25(28)30/h4-15,23-24,29H,16H2,1-3H3/t23-,24+/m1/s1. The van der Waals surface area contributed by atoms with Gasteiger partial charge >= 0.3 is 0 Å². The van der Waals surface area contributed by atoms with Crippen molar-refractivity contribution in [2.45, 2.75) is 43.2 Å². The summed E-state index contributed by atoms with van der Waals surface area (Å²) in [6, 6.07) is 20.1. The minimum Gasteiger partial charge on any atom is -0.388 e. The Balaban J connectivity index is 1.69. The SMILES string of the molecule is Cc1ccc(S(=O)(=O)OC[C@@H](O)[C@H](c2ccccc2)N2C(=O)C(C)(C)c3cc(Br)ccc32)cc1. The molecular formula is C26H26BrNO5S. The molecule has 0 bridgehead atoms. The summed E-state index contributed by atoms with van der Waals surface area (Å²) in [5, 5.41) is 11.3. The number of aliphatic hydroxyl groups excluding tert-OH is 1. The smallest absolute Gasteiger partial charge is 0.297 e. The number of fused-ring (bicyclic) bond motifs is 1. The molecule has 34 heavy (non-hydrogen) atoms. The third kappa shape index (κ3) is 4.55. The molecule has 3 aromatic rings. The van der Waals surface area contributed by atoms with Gasteiger partial charge in [-0.2, -0.15) is 8.42 Å². The molecule has 1 N–H and O–H groups in total. The molecule has 0 fully saturated rings. The predicted octanol–water partition coefficient (Wildman–Crippen LogP) is 4.89. The summed E-state index contributed by atoms with van der Waals surface area (Å²) in [5.41, 5.74) is 2.27.